The number of amides is 1. The van der Waals surface area contributed by atoms with Crippen molar-refractivity contribution in [3.8, 4) is 0 Å². The summed E-state index contributed by atoms with van der Waals surface area (Å²) in [5, 5.41) is 2.64. The highest BCUT2D eigenvalue weighted by atomic mass is 79.9. The fourth-order valence-electron chi connectivity index (χ4n) is 1.00. The van der Waals surface area contributed by atoms with Gasteiger partial charge in [0.1, 0.15) is 6.61 Å². The van der Waals surface area contributed by atoms with Crippen LogP contribution >= 0.6 is 15.9 Å². The summed E-state index contributed by atoms with van der Waals surface area (Å²) in [7, 11) is 0. The Morgan fingerprint density at radius 1 is 1.50 bits per heavy atom. The molecule has 16 heavy (non-hydrogen) atoms. The molecule has 0 spiro atoms. The van der Waals surface area contributed by atoms with E-state index in [2.05, 4.69) is 21.2 Å². The van der Waals surface area contributed by atoms with Gasteiger partial charge >= 0.3 is 6.09 Å². The molecule has 0 fully saturated rings. The molecule has 0 bridgehead atoms. The van der Waals surface area contributed by atoms with E-state index < -0.39 is 6.09 Å². The zero-order valence-corrected chi connectivity index (χ0v) is 10.9. The number of benzene rings is 1. The first-order valence-corrected chi connectivity index (χ1v) is 5.70. The van der Waals surface area contributed by atoms with Crippen LogP contribution in [0.4, 0.5) is 10.5 Å². The predicted octanol–water partition coefficient (Wildman–Crippen LogP) is 3.96. The van der Waals surface area contributed by atoms with Crippen molar-refractivity contribution in [2.75, 3.05) is 11.9 Å². The van der Waals surface area contributed by atoms with E-state index in [0.717, 1.165) is 10.0 Å². The molecule has 1 N–H and O–H groups in total. The number of hydrogen-bond acceptors (Lipinski definition) is 2. The first-order valence-electron chi connectivity index (χ1n) is 4.90. The van der Waals surface area contributed by atoms with Crippen LogP contribution in [0.25, 0.3) is 0 Å². The Bertz CT molecular complexity index is 398. The molecule has 1 aromatic rings. The van der Waals surface area contributed by atoms with Gasteiger partial charge in [-0.25, -0.2) is 4.79 Å². The number of nitrogens with one attached hydrogen (secondary N) is 1. The SMILES string of the molecule is CC(C)=CCOC(=O)Nc1cccc(Br)c1. The minimum atomic E-state index is -0.449. The maximum absolute atomic E-state index is 11.3. The number of rotatable bonds is 3. The molecule has 1 rings (SSSR count). The van der Waals surface area contributed by atoms with E-state index in [1.54, 1.807) is 6.07 Å². The Balaban J connectivity index is 2.43. The number of hydrogen-bond donors (Lipinski definition) is 1. The first kappa shape index (κ1) is 12.8. The minimum absolute atomic E-state index is 0.294. The van der Waals surface area contributed by atoms with Crippen LogP contribution in [0.1, 0.15) is 13.8 Å². The van der Waals surface area contributed by atoms with Crippen LogP contribution in [-0.4, -0.2) is 12.7 Å². The second-order valence-corrected chi connectivity index (χ2v) is 4.43. The zero-order valence-electron chi connectivity index (χ0n) is 9.29. The Kier molecular flexibility index (Phi) is 5.05. The van der Waals surface area contributed by atoms with Crippen molar-refractivity contribution < 1.29 is 9.53 Å². The number of halogens is 1. The molecular weight excluding hydrogens is 270 g/mol. The lowest BCUT2D eigenvalue weighted by atomic mass is 10.3. The topological polar surface area (TPSA) is 38.3 Å². The molecule has 0 aliphatic heterocycles. The third kappa shape index (κ3) is 4.98. The van der Waals surface area contributed by atoms with Gasteiger partial charge < -0.3 is 4.74 Å². The van der Waals surface area contributed by atoms with E-state index >= 15 is 0 Å². The quantitative estimate of drug-likeness (QED) is 0.853. The summed E-state index contributed by atoms with van der Waals surface area (Å²) in [6.07, 6.45) is 1.40. The Labute approximate surface area is 104 Å². The number of allylic oxidation sites excluding steroid dienone is 1. The van der Waals surface area contributed by atoms with E-state index in [9.17, 15) is 4.79 Å². The molecular formula is C12H14BrNO2. The third-order valence-corrected chi connectivity index (χ3v) is 2.27. The highest BCUT2D eigenvalue weighted by Gasteiger charge is 2.01. The molecule has 1 aromatic carbocycles. The van der Waals surface area contributed by atoms with Crippen molar-refractivity contribution in [2.45, 2.75) is 13.8 Å². The van der Waals surface area contributed by atoms with Gasteiger partial charge in [-0.2, -0.15) is 0 Å². The smallest absolute Gasteiger partial charge is 0.411 e. The van der Waals surface area contributed by atoms with Crippen LogP contribution in [0.2, 0.25) is 0 Å². The van der Waals surface area contributed by atoms with Crippen LogP contribution in [0, 0.1) is 0 Å². The molecule has 0 aromatic heterocycles. The van der Waals surface area contributed by atoms with E-state index in [4.69, 9.17) is 4.74 Å². The van der Waals surface area contributed by atoms with E-state index in [-0.39, 0.29) is 0 Å². The summed E-state index contributed by atoms with van der Waals surface area (Å²) in [6.45, 7) is 4.20. The summed E-state index contributed by atoms with van der Waals surface area (Å²) in [4.78, 5) is 11.3. The molecule has 0 heterocycles. The normalized spacial score (nSPS) is 9.44. The summed E-state index contributed by atoms with van der Waals surface area (Å²) >= 11 is 3.32. The number of ether oxygens (including phenoxy) is 1. The van der Waals surface area contributed by atoms with Crippen molar-refractivity contribution in [3.05, 3.63) is 40.4 Å². The first-order chi connectivity index (χ1) is 7.58. The lowest BCUT2D eigenvalue weighted by Gasteiger charge is -2.05. The van der Waals surface area contributed by atoms with Gasteiger partial charge in [0.25, 0.3) is 0 Å². The molecule has 0 aliphatic rings. The van der Waals surface area contributed by atoms with Gasteiger partial charge in [-0.15, -0.1) is 0 Å². The van der Waals surface area contributed by atoms with Gasteiger partial charge in [0, 0.05) is 10.2 Å². The molecule has 0 radical (unpaired) electrons. The number of anilines is 1. The van der Waals surface area contributed by atoms with Crippen molar-refractivity contribution in [1.29, 1.82) is 0 Å². The molecule has 3 nitrogen and oxygen atoms in total. The average molecular weight is 284 g/mol. The Hall–Kier alpha value is -1.29. The van der Waals surface area contributed by atoms with Crippen LogP contribution in [0.3, 0.4) is 0 Å². The van der Waals surface area contributed by atoms with E-state index in [1.807, 2.05) is 38.1 Å². The van der Waals surface area contributed by atoms with Crippen LogP contribution in [-0.2, 0) is 4.74 Å². The Morgan fingerprint density at radius 3 is 2.88 bits per heavy atom. The zero-order chi connectivity index (χ0) is 12.0. The minimum Gasteiger partial charge on any atom is -0.445 e. The summed E-state index contributed by atoms with van der Waals surface area (Å²) in [6, 6.07) is 7.34. The van der Waals surface area contributed by atoms with E-state index in [1.165, 1.54) is 0 Å². The fraction of sp³-hybridized carbons (Fsp3) is 0.250. The predicted molar refractivity (Wildman–Crippen MR) is 68.5 cm³/mol. The monoisotopic (exact) mass is 283 g/mol. The highest BCUT2D eigenvalue weighted by Crippen LogP contribution is 2.15. The summed E-state index contributed by atoms with van der Waals surface area (Å²) in [5.41, 5.74) is 1.83. The lowest BCUT2D eigenvalue weighted by molar-refractivity contribution is 0.174. The van der Waals surface area contributed by atoms with Crippen molar-refractivity contribution in [1.82, 2.24) is 0 Å². The third-order valence-electron chi connectivity index (χ3n) is 1.78. The molecule has 1 amide bonds. The molecule has 4 heteroatoms. The maximum Gasteiger partial charge on any atom is 0.411 e. The maximum atomic E-state index is 11.3. The molecule has 0 unspecified atom stereocenters. The van der Waals surface area contributed by atoms with Crippen molar-refractivity contribution in [2.24, 2.45) is 0 Å². The lowest BCUT2D eigenvalue weighted by Crippen LogP contribution is -2.13. The van der Waals surface area contributed by atoms with Crippen LogP contribution < -0.4 is 5.32 Å². The van der Waals surface area contributed by atoms with Crippen LogP contribution in [0.15, 0.2) is 40.4 Å². The largest absolute Gasteiger partial charge is 0.445 e. The van der Waals surface area contributed by atoms with Gasteiger partial charge in [0.2, 0.25) is 0 Å². The molecule has 0 atom stereocenters. The van der Waals surface area contributed by atoms with Crippen molar-refractivity contribution in [3.63, 3.8) is 0 Å². The average Bonchev–Trinajstić information content (AvgIpc) is 2.16. The molecule has 0 aliphatic carbocycles. The van der Waals surface area contributed by atoms with Gasteiger partial charge in [-0.3, -0.25) is 5.32 Å². The number of carbonyl (C=O) groups is 1. The Morgan fingerprint density at radius 2 is 2.25 bits per heavy atom. The van der Waals surface area contributed by atoms with Crippen LogP contribution in [0.5, 0.6) is 0 Å². The van der Waals surface area contributed by atoms with Gasteiger partial charge in [-0.05, 0) is 38.1 Å². The van der Waals surface area contributed by atoms with E-state index in [0.29, 0.717) is 12.3 Å². The molecule has 0 saturated carbocycles. The number of carbonyl (C=O) groups excluding carboxylic acids is 1. The highest BCUT2D eigenvalue weighted by molar-refractivity contribution is 9.10. The standard InChI is InChI=1S/C12H14BrNO2/c1-9(2)6-7-16-12(15)14-11-5-3-4-10(13)8-11/h3-6,8H,7H2,1-2H3,(H,14,15). The molecule has 86 valence electrons. The second-order valence-electron chi connectivity index (χ2n) is 3.52. The fourth-order valence-corrected chi connectivity index (χ4v) is 1.40. The summed E-state index contributed by atoms with van der Waals surface area (Å²) < 4.78 is 5.87. The molecule has 0 saturated heterocycles. The summed E-state index contributed by atoms with van der Waals surface area (Å²) in [5.74, 6) is 0. The van der Waals surface area contributed by atoms with Gasteiger partial charge in [0.15, 0.2) is 0 Å². The van der Waals surface area contributed by atoms with Gasteiger partial charge in [-0.1, -0.05) is 27.6 Å². The van der Waals surface area contributed by atoms with Gasteiger partial charge in [0.05, 0.1) is 0 Å². The second kappa shape index (κ2) is 6.33. The van der Waals surface area contributed by atoms with Crippen molar-refractivity contribution >= 4 is 27.7 Å².